The third-order valence-corrected chi connectivity index (χ3v) is 8.35. The highest BCUT2D eigenvalue weighted by Gasteiger charge is 2.59. The van der Waals surface area contributed by atoms with Crippen LogP contribution in [-0.4, -0.2) is 47.4 Å². The number of rotatable bonds is 4. The summed E-state index contributed by atoms with van der Waals surface area (Å²) >= 11 is 0. The summed E-state index contributed by atoms with van der Waals surface area (Å²) in [6.07, 6.45) is 7.40. The van der Waals surface area contributed by atoms with Crippen molar-refractivity contribution in [3.63, 3.8) is 0 Å². The number of ether oxygens (including phenoxy) is 1. The standard InChI is InChI=1S/C29H32N4O4/c1-29-25-22(23-17-21(37-2)13-14-24(23)31-25)15-16-32(29)28(36)33(27(29)35)20-11-9-18(10-12-20)26(34)30-19-7-5-3-4-6-8-19/h9-14,17,19,31H,3-8,15-16H2,1-2H3,(H,30,34). The molecule has 3 aliphatic rings. The van der Waals surface area contributed by atoms with Crippen LogP contribution in [0.2, 0.25) is 0 Å². The average Bonchev–Trinajstić information content (AvgIpc) is 3.22. The Morgan fingerprint density at radius 2 is 1.78 bits per heavy atom. The molecule has 3 heterocycles. The maximum absolute atomic E-state index is 13.9. The van der Waals surface area contributed by atoms with Gasteiger partial charge in [0.15, 0.2) is 5.54 Å². The quantitative estimate of drug-likeness (QED) is 0.395. The van der Waals surface area contributed by atoms with Crippen molar-refractivity contribution in [2.75, 3.05) is 18.6 Å². The van der Waals surface area contributed by atoms with Crippen LogP contribution >= 0.6 is 0 Å². The molecule has 1 aromatic heterocycles. The van der Waals surface area contributed by atoms with E-state index in [0.29, 0.717) is 24.2 Å². The van der Waals surface area contributed by atoms with Gasteiger partial charge in [0.2, 0.25) is 0 Å². The van der Waals surface area contributed by atoms with Crippen LogP contribution in [0, 0.1) is 0 Å². The molecule has 4 amide bonds. The fraction of sp³-hybridized carbons (Fsp3) is 0.414. The van der Waals surface area contributed by atoms with E-state index in [2.05, 4.69) is 10.3 Å². The third-order valence-electron chi connectivity index (χ3n) is 8.35. The van der Waals surface area contributed by atoms with Crippen molar-refractivity contribution in [2.45, 2.75) is 63.5 Å². The molecule has 2 aliphatic heterocycles. The highest BCUT2D eigenvalue weighted by molar-refractivity contribution is 6.23. The number of hydrogen-bond acceptors (Lipinski definition) is 4. The molecule has 0 radical (unpaired) electrons. The Kier molecular flexibility index (Phi) is 5.70. The Bertz CT molecular complexity index is 1390. The van der Waals surface area contributed by atoms with Crippen molar-refractivity contribution in [2.24, 2.45) is 0 Å². The molecule has 0 bridgehead atoms. The lowest BCUT2D eigenvalue weighted by Gasteiger charge is -2.35. The van der Waals surface area contributed by atoms with E-state index in [0.717, 1.165) is 53.6 Å². The minimum atomic E-state index is -1.13. The number of methoxy groups -OCH3 is 1. The van der Waals surface area contributed by atoms with E-state index in [1.165, 1.54) is 17.7 Å². The normalized spacial score (nSPS) is 22.1. The first-order valence-electron chi connectivity index (χ1n) is 13.2. The fourth-order valence-electron chi connectivity index (χ4n) is 6.23. The number of anilines is 1. The van der Waals surface area contributed by atoms with Crippen LogP contribution in [0.15, 0.2) is 42.5 Å². The number of fused-ring (bicyclic) bond motifs is 5. The predicted octanol–water partition coefficient (Wildman–Crippen LogP) is 4.87. The zero-order chi connectivity index (χ0) is 25.7. The van der Waals surface area contributed by atoms with E-state index < -0.39 is 5.54 Å². The first kappa shape index (κ1) is 23.6. The average molecular weight is 501 g/mol. The van der Waals surface area contributed by atoms with Crippen LogP contribution < -0.4 is 15.0 Å². The van der Waals surface area contributed by atoms with Crippen LogP contribution in [0.5, 0.6) is 5.75 Å². The van der Waals surface area contributed by atoms with Crippen LogP contribution in [0.3, 0.4) is 0 Å². The van der Waals surface area contributed by atoms with Crippen molar-refractivity contribution in [1.29, 1.82) is 0 Å². The predicted molar refractivity (Wildman–Crippen MR) is 141 cm³/mol. The number of carbonyl (C=O) groups is 3. The van der Waals surface area contributed by atoms with Gasteiger partial charge in [-0.3, -0.25) is 9.59 Å². The molecule has 37 heavy (non-hydrogen) atoms. The lowest BCUT2D eigenvalue weighted by Crippen LogP contribution is -2.49. The topological polar surface area (TPSA) is 94.7 Å². The molecular formula is C29H32N4O4. The highest BCUT2D eigenvalue weighted by atomic mass is 16.5. The van der Waals surface area contributed by atoms with E-state index >= 15 is 0 Å². The van der Waals surface area contributed by atoms with Gasteiger partial charge in [0, 0.05) is 29.1 Å². The SMILES string of the molecule is COc1ccc2[nH]c3c(c2c1)CCN1C(=O)N(c2ccc(C(=O)NC4CCCCCC4)cc2)C(=O)C31C. The summed E-state index contributed by atoms with van der Waals surface area (Å²) in [5, 5.41) is 4.16. The van der Waals surface area contributed by atoms with Gasteiger partial charge in [-0.1, -0.05) is 25.7 Å². The molecule has 1 unspecified atom stereocenters. The highest BCUT2D eigenvalue weighted by Crippen LogP contribution is 2.45. The zero-order valence-corrected chi connectivity index (χ0v) is 21.3. The number of carbonyl (C=O) groups excluding carboxylic acids is 3. The molecule has 8 nitrogen and oxygen atoms in total. The number of urea groups is 1. The third kappa shape index (κ3) is 3.69. The van der Waals surface area contributed by atoms with Gasteiger partial charge in [-0.15, -0.1) is 0 Å². The molecule has 2 aromatic carbocycles. The Morgan fingerprint density at radius 3 is 2.49 bits per heavy atom. The minimum absolute atomic E-state index is 0.111. The Balaban J connectivity index is 1.28. The number of aromatic amines is 1. The molecule has 192 valence electrons. The monoisotopic (exact) mass is 500 g/mol. The van der Waals surface area contributed by atoms with Crippen molar-refractivity contribution in [1.82, 2.24) is 15.2 Å². The van der Waals surface area contributed by atoms with Gasteiger partial charge in [0.25, 0.3) is 11.8 Å². The maximum Gasteiger partial charge on any atom is 0.332 e. The largest absolute Gasteiger partial charge is 0.497 e. The summed E-state index contributed by atoms with van der Waals surface area (Å²) in [4.78, 5) is 46.5. The number of imide groups is 1. The molecule has 0 spiro atoms. The number of aromatic nitrogens is 1. The van der Waals surface area contributed by atoms with Gasteiger partial charge in [-0.05, 0) is 74.2 Å². The number of benzene rings is 2. The summed E-state index contributed by atoms with van der Waals surface area (Å²) in [5.41, 5.74) is 2.57. The van der Waals surface area contributed by atoms with Gasteiger partial charge in [-0.2, -0.15) is 0 Å². The van der Waals surface area contributed by atoms with Gasteiger partial charge in [0.1, 0.15) is 5.75 Å². The Morgan fingerprint density at radius 1 is 1.05 bits per heavy atom. The Hall–Kier alpha value is -3.81. The number of nitrogens with zero attached hydrogens (tertiary/aromatic N) is 2. The molecule has 1 aliphatic carbocycles. The zero-order valence-electron chi connectivity index (χ0n) is 21.3. The molecular weight excluding hydrogens is 468 g/mol. The molecule has 2 N–H and O–H groups in total. The van der Waals surface area contributed by atoms with Gasteiger partial charge < -0.3 is 19.9 Å². The van der Waals surface area contributed by atoms with Crippen molar-refractivity contribution >= 4 is 34.4 Å². The van der Waals surface area contributed by atoms with Crippen molar-refractivity contribution in [3.8, 4) is 5.75 Å². The summed E-state index contributed by atoms with van der Waals surface area (Å²) < 4.78 is 5.40. The second-order valence-corrected chi connectivity index (χ2v) is 10.5. The van der Waals surface area contributed by atoms with Crippen LogP contribution in [0.1, 0.15) is 67.1 Å². The Labute approximate surface area is 216 Å². The van der Waals surface area contributed by atoms with E-state index in [9.17, 15) is 14.4 Å². The second-order valence-electron chi connectivity index (χ2n) is 10.5. The van der Waals surface area contributed by atoms with Gasteiger partial charge >= 0.3 is 6.03 Å². The van der Waals surface area contributed by atoms with Gasteiger partial charge in [-0.25, -0.2) is 9.69 Å². The van der Waals surface area contributed by atoms with Gasteiger partial charge in [0.05, 0.1) is 18.5 Å². The fourth-order valence-corrected chi connectivity index (χ4v) is 6.23. The summed E-state index contributed by atoms with van der Waals surface area (Å²) in [7, 11) is 1.63. The molecule has 1 saturated heterocycles. The van der Waals surface area contributed by atoms with E-state index in [1.807, 2.05) is 25.1 Å². The number of hydrogen-bond donors (Lipinski definition) is 2. The first-order chi connectivity index (χ1) is 17.9. The number of amides is 4. The molecule has 2 fully saturated rings. The first-order valence-corrected chi connectivity index (χ1v) is 13.2. The summed E-state index contributed by atoms with van der Waals surface area (Å²) in [6, 6.07) is 12.4. The maximum atomic E-state index is 13.9. The molecule has 8 heteroatoms. The van der Waals surface area contributed by atoms with E-state index in [4.69, 9.17) is 4.74 Å². The van der Waals surface area contributed by atoms with Crippen molar-refractivity contribution < 1.29 is 19.1 Å². The lowest BCUT2D eigenvalue weighted by atomic mass is 9.87. The lowest BCUT2D eigenvalue weighted by molar-refractivity contribution is -0.125. The smallest absolute Gasteiger partial charge is 0.332 e. The molecule has 1 atom stereocenters. The second kappa shape index (κ2) is 8.94. The van der Waals surface area contributed by atoms with E-state index in [-0.39, 0.29) is 23.9 Å². The van der Waals surface area contributed by atoms with Crippen LogP contribution in [-0.2, 0) is 16.8 Å². The molecule has 6 rings (SSSR count). The summed E-state index contributed by atoms with van der Waals surface area (Å²) in [6.45, 7) is 2.25. The van der Waals surface area contributed by atoms with E-state index in [1.54, 1.807) is 36.3 Å². The molecule has 3 aromatic rings. The number of nitrogens with one attached hydrogen (secondary N) is 2. The number of H-pyrrole nitrogens is 1. The molecule has 1 saturated carbocycles. The minimum Gasteiger partial charge on any atom is -0.497 e. The van der Waals surface area contributed by atoms with Crippen LogP contribution in [0.25, 0.3) is 10.9 Å². The summed E-state index contributed by atoms with van der Waals surface area (Å²) in [5.74, 6) is 0.341. The van der Waals surface area contributed by atoms with Crippen LogP contribution in [0.4, 0.5) is 10.5 Å². The van der Waals surface area contributed by atoms with Crippen molar-refractivity contribution in [3.05, 3.63) is 59.3 Å².